The summed E-state index contributed by atoms with van der Waals surface area (Å²) in [6.45, 7) is 2.58. The first-order chi connectivity index (χ1) is 11.3. The van der Waals surface area contributed by atoms with Crippen LogP contribution in [0, 0.1) is 11.8 Å². The standard InChI is InChI=1S/C13H22N3O7P/c1-7(2)10-11(19)8(5-17)23-13(10,24(21)22-6-14)16-4-3-9(18)15-12(16)20/h3-4,7-8,10-11,17,19,24H,5-6,14H2,1-2H3,(H,15,18,20)/t8-,10-,11-,13+/m1/s1. The van der Waals surface area contributed by atoms with Crippen LogP contribution in [0.1, 0.15) is 13.8 Å². The van der Waals surface area contributed by atoms with Crippen molar-refractivity contribution in [3.63, 3.8) is 0 Å². The van der Waals surface area contributed by atoms with Gasteiger partial charge in [0.2, 0.25) is 13.5 Å². The van der Waals surface area contributed by atoms with Gasteiger partial charge in [-0.2, -0.15) is 0 Å². The highest BCUT2D eigenvalue weighted by molar-refractivity contribution is 7.40. The van der Waals surface area contributed by atoms with Gasteiger partial charge in [0.1, 0.15) is 12.8 Å². The maximum absolute atomic E-state index is 12.8. The summed E-state index contributed by atoms with van der Waals surface area (Å²) >= 11 is 0. The predicted octanol–water partition coefficient (Wildman–Crippen LogP) is -1.42. The van der Waals surface area contributed by atoms with E-state index >= 15 is 0 Å². The normalized spacial score (nSPS) is 31.5. The van der Waals surface area contributed by atoms with Crippen LogP contribution in [0.15, 0.2) is 21.9 Å². The van der Waals surface area contributed by atoms with Crippen molar-refractivity contribution in [2.45, 2.75) is 31.5 Å². The van der Waals surface area contributed by atoms with Crippen molar-refractivity contribution in [1.82, 2.24) is 9.55 Å². The molecule has 1 aliphatic heterocycles. The first-order valence-corrected chi connectivity index (χ1v) is 8.77. The molecule has 0 saturated carbocycles. The predicted molar refractivity (Wildman–Crippen MR) is 84.7 cm³/mol. The van der Waals surface area contributed by atoms with E-state index in [4.69, 9.17) is 15.0 Å². The molecule has 1 aromatic heterocycles. The molecule has 1 aliphatic rings. The van der Waals surface area contributed by atoms with E-state index in [1.165, 1.54) is 0 Å². The SMILES string of the molecule is CC(C)[C@@H]1[C@H](O)[C@@H](CO)O[C@]1(n1ccc(=O)[nH]c1=O)[PH](=O)OCN. The highest BCUT2D eigenvalue weighted by atomic mass is 31.1. The van der Waals surface area contributed by atoms with Crippen molar-refractivity contribution in [3.05, 3.63) is 33.1 Å². The van der Waals surface area contributed by atoms with E-state index in [-0.39, 0.29) is 12.6 Å². The van der Waals surface area contributed by atoms with Gasteiger partial charge in [-0.3, -0.25) is 18.9 Å². The van der Waals surface area contributed by atoms with E-state index in [0.29, 0.717) is 0 Å². The summed E-state index contributed by atoms with van der Waals surface area (Å²) in [7, 11) is -3.16. The molecular weight excluding hydrogens is 341 g/mol. The minimum absolute atomic E-state index is 0.286. The van der Waals surface area contributed by atoms with Crippen LogP contribution < -0.4 is 17.0 Å². The molecule has 10 nitrogen and oxygen atoms in total. The molecule has 0 aliphatic carbocycles. The van der Waals surface area contributed by atoms with Crippen molar-refractivity contribution >= 4 is 8.03 Å². The van der Waals surface area contributed by atoms with E-state index in [1.54, 1.807) is 13.8 Å². The molecule has 2 rings (SSSR count). The maximum atomic E-state index is 12.8. The molecule has 1 aromatic rings. The third-order valence-corrected chi connectivity index (χ3v) is 5.82. The van der Waals surface area contributed by atoms with Crippen molar-refractivity contribution in [2.24, 2.45) is 17.6 Å². The van der Waals surface area contributed by atoms with Crippen molar-refractivity contribution in [1.29, 1.82) is 0 Å². The van der Waals surface area contributed by atoms with Gasteiger partial charge in [0.15, 0.2) is 0 Å². The second kappa shape index (κ2) is 7.30. The first-order valence-electron chi connectivity index (χ1n) is 7.46. The average Bonchev–Trinajstić information content (AvgIpc) is 2.81. The van der Waals surface area contributed by atoms with Gasteiger partial charge in [-0.05, 0) is 5.92 Å². The van der Waals surface area contributed by atoms with Gasteiger partial charge in [0.25, 0.3) is 5.56 Å². The zero-order chi connectivity index (χ0) is 18.1. The molecule has 1 fully saturated rings. The van der Waals surface area contributed by atoms with E-state index in [2.05, 4.69) is 4.98 Å². The number of hydrogen-bond acceptors (Lipinski definition) is 8. The number of rotatable bonds is 6. The number of hydrogen-bond donors (Lipinski definition) is 4. The molecule has 0 radical (unpaired) electrons. The Bertz CT molecular complexity index is 718. The Hall–Kier alpha value is -1.29. The fraction of sp³-hybridized carbons (Fsp3) is 0.692. The molecule has 11 heteroatoms. The summed E-state index contributed by atoms with van der Waals surface area (Å²) in [4.78, 5) is 25.7. The topological polar surface area (TPSA) is 157 Å². The summed E-state index contributed by atoms with van der Waals surface area (Å²) in [5.74, 6) is -1.12. The number of nitrogens with two attached hydrogens (primary N) is 1. The lowest BCUT2D eigenvalue weighted by Gasteiger charge is -2.36. The molecule has 1 saturated heterocycles. The Morgan fingerprint density at radius 3 is 2.71 bits per heavy atom. The minimum Gasteiger partial charge on any atom is -0.394 e. The van der Waals surface area contributed by atoms with Crippen LogP contribution >= 0.6 is 8.03 Å². The molecule has 5 N–H and O–H groups in total. The zero-order valence-electron chi connectivity index (χ0n) is 13.3. The number of aromatic amines is 1. The van der Waals surface area contributed by atoms with Gasteiger partial charge < -0.3 is 25.2 Å². The summed E-state index contributed by atoms with van der Waals surface area (Å²) in [5.41, 5.74) is 1.94. The minimum atomic E-state index is -3.16. The first kappa shape index (κ1) is 19.0. The number of aliphatic hydroxyl groups excluding tert-OH is 2. The van der Waals surface area contributed by atoms with E-state index in [9.17, 15) is 24.4 Å². The lowest BCUT2D eigenvalue weighted by atomic mass is 9.88. The van der Waals surface area contributed by atoms with Gasteiger partial charge in [-0.15, -0.1) is 0 Å². The Morgan fingerprint density at radius 2 is 2.21 bits per heavy atom. The van der Waals surface area contributed by atoms with Crippen LogP contribution in [0.5, 0.6) is 0 Å². The molecule has 2 heterocycles. The quantitative estimate of drug-likeness (QED) is 0.354. The molecule has 1 unspecified atom stereocenters. The van der Waals surface area contributed by atoms with Gasteiger partial charge in [-0.1, -0.05) is 13.8 Å². The van der Waals surface area contributed by atoms with Crippen molar-refractivity contribution < 1.29 is 24.0 Å². The molecule has 0 spiro atoms. The Balaban J connectivity index is 2.73. The summed E-state index contributed by atoms with van der Waals surface area (Å²) in [6.07, 6.45) is -1.12. The van der Waals surface area contributed by atoms with Gasteiger partial charge in [0.05, 0.1) is 12.7 Å². The summed E-state index contributed by atoms with van der Waals surface area (Å²) in [5, 5.41) is 20.0. The van der Waals surface area contributed by atoms with Crippen LogP contribution in [0.3, 0.4) is 0 Å². The zero-order valence-corrected chi connectivity index (χ0v) is 14.3. The van der Waals surface area contributed by atoms with Gasteiger partial charge in [-0.25, -0.2) is 4.79 Å². The van der Waals surface area contributed by atoms with Crippen LogP contribution in [0.4, 0.5) is 0 Å². The molecule has 24 heavy (non-hydrogen) atoms. The summed E-state index contributed by atoms with van der Waals surface area (Å²) < 4.78 is 24.5. The maximum Gasteiger partial charge on any atom is 0.331 e. The molecule has 136 valence electrons. The fourth-order valence-corrected chi connectivity index (χ4v) is 4.95. The monoisotopic (exact) mass is 363 g/mol. The Labute approximate surface area is 138 Å². The van der Waals surface area contributed by atoms with E-state index in [1.807, 2.05) is 0 Å². The largest absolute Gasteiger partial charge is 0.394 e. The van der Waals surface area contributed by atoms with Crippen LogP contribution in [0.25, 0.3) is 0 Å². The number of aliphatic hydroxyl groups is 2. The second-order valence-electron chi connectivity index (χ2n) is 5.87. The second-order valence-corrected chi connectivity index (χ2v) is 7.45. The van der Waals surface area contributed by atoms with E-state index < -0.39 is 49.5 Å². The lowest BCUT2D eigenvalue weighted by Crippen LogP contribution is -2.48. The molecular formula is C13H22N3O7P. The molecule has 5 atom stereocenters. The van der Waals surface area contributed by atoms with Crippen LogP contribution in [-0.2, 0) is 19.3 Å². The lowest BCUT2D eigenvalue weighted by molar-refractivity contribution is -0.0842. The van der Waals surface area contributed by atoms with Crippen molar-refractivity contribution in [2.75, 3.05) is 13.3 Å². The highest BCUT2D eigenvalue weighted by Gasteiger charge is 2.61. The number of ether oxygens (including phenoxy) is 1. The number of nitrogens with zero attached hydrogens (tertiary/aromatic N) is 1. The number of aromatic nitrogens is 2. The third kappa shape index (κ3) is 3.01. The molecule has 0 aromatic carbocycles. The van der Waals surface area contributed by atoms with Crippen LogP contribution in [-0.4, -0.2) is 45.3 Å². The smallest absolute Gasteiger partial charge is 0.331 e. The van der Waals surface area contributed by atoms with Crippen molar-refractivity contribution in [3.8, 4) is 0 Å². The van der Waals surface area contributed by atoms with Gasteiger partial charge in [0, 0.05) is 18.2 Å². The number of nitrogens with one attached hydrogen (secondary N) is 1. The third-order valence-electron chi connectivity index (χ3n) is 4.12. The van der Waals surface area contributed by atoms with E-state index in [0.717, 1.165) is 16.8 Å². The number of H-pyrrole nitrogens is 1. The summed E-state index contributed by atoms with van der Waals surface area (Å²) in [6, 6.07) is 1.07. The fourth-order valence-electron chi connectivity index (χ4n) is 3.19. The Kier molecular flexibility index (Phi) is 5.79. The average molecular weight is 363 g/mol. The Morgan fingerprint density at radius 1 is 1.54 bits per heavy atom. The van der Waals surface area contributed by atoms with Gasteiger partial charge >= 0.3 is 5.69 Å². The molecule has 0 bridgehead atoms. The highest BCUT2D eigenvalue weighted by Crippen LogP contribution is 2.57. The van der Waals surface area contributed by atoms with Crippen LogP contribution in [0.2, 0.25) is 0 Å². The molecule has 0 amide bonds.